The lowest BCUT2D eigenvalue weighted by Gasteiger charge is -2.09. The minimum atomic E-state index is -1.15. The SMILES string of the molecule is NCCCNC(=O)NCC(N)C(=O)O. The molecule has 0 aromatic heterocycles. The molecule has 0 aliphatic carbocycles. The molecular formula is C7H16N4O3. The zero-order valence-electron chi connectivity index (χ0n) is 7.82. The van der Waals surface area contributed by atoms with Gasteiger partial charge < -0.3 is 27.2 Å². The zero-order valence-corrected chi connectivity index (χ0v) is 7.82. The number of nitrogens with one attached hydrogen (secondary N) is 2. The van der Waals surface area contributed by atoms with Crippen LogP contribution in [0.4, 0.5) is 4.79 Å². The highest BCUT2D eigenvalue weighted by Crippen LogP contribution is 1.76. The van der Waals surface area contributed by atoms with Gasteiger partial charge in [0.2, 0.25) is 0 Å². The van der Waals surface area contributed by atoms with E-state index in [4.69, 9.17) is 16.6 Å². The summed E-state index contributed by atoms with van der Waals surface area (Å²) in [5.41, 5.74) is 10.4. The number of nitrogens with two attached hydrogens (primary N) is 2. The molecule has 0 aliphatic rings. The first kappa shape index (κ1) is 12.7. The Morgan fingerprint density at radius 3 is 2.50 bits per heavy atom. The number of amides is 2. The first-order valence-corrected chi connectivity index (χ1v) is 4.28. The van der Waals surface area contributed by atoms with Crippen molar-refractivity contribution in [2.75, 3.05) is 19.6 Å². The molecule has 0 aromatic rings. The van der Waals surface area contributed by atoms with Crippen molar-refractivity contribution in [2.45, 2.75) is 12.5 Å². The monoisotopic (exact) mass is 204 g/mol. The van der Waals surface area contributed by atoms with Crippen LogP contribution in [0.2, 0.25) is 0 Å². The van der Waals surface area contributed by atoms with Crippen LogP contribution in [0.25, 0.3) is 0 Å². The second-order valence-electron chi connectivity index (χ2n) is 2.72. The van der Waals surface area contributed by atoms with Gasteiger partial charge in [0.05, 0.1) is 0 Å². The van der Waals surface area contributed by atoms with Crippen molar-refractivity contribution < 1.29 is 14.7 Å². The fourth-order valence-corrected chi connectivity index (χ4v) is 0.656. The average molecular weight is 204 g/mol. The Bertz CT molecular complexity index is 197. The van der Waals surface area contributed by atoms with Gasteiger partial charge in [0.1, 0.15) is 6.04 Å². The molecule has 1 atom stereocenters. The first-order chi connectivity index (χ1) is 6.57. The largest absolute Gasteiger partial charge is 0.480 e. The zero-order chi connectivity index (χ0) is 11.0. The van der Waals surface area contributed by atoms with E-state index in [1.54, 1.807) is 0 Å². The van der Waals surface area contributed by atoms with Crippen molar-refractivity contribution >= 4 is 12.0 Å². The summed E-state index contributed by atoms with van der Waals surface area (Å²) in [4.78, 5) is 21.2. The Labute approximate surface area is 81.8 Å². The standard InChI is InChI=1S/C7H16N4O3/c8-2-1-3-10-7(14)11-4-5(9)6(12)13/h5H,1-4,8-9H2,(H,12,13)(H2,10,11,14). The van der Waals surface area contributed by atoms with Crippen LogP contribution in [0, 0.1) is 0 Å². The molecule has 14 heavy (non-hydrogen) atoms. The minimum Gasteiger partial charge on any atom is -0.480 e. The van der Waals surface area contributed by atoms with Crippen molar-refractivity contribution in [3.8, 4) is 0 Å². The number of aliphatic carboxylic acids is 1. The summed E-state index contributed by atoms with van der Waals surface area (Å²) >= 11 is 0. The smallest absolute Gasteiger partial charge is 0.322 e. The highest BCUT2D eigenvalue weighted by molar-refractivity contribution is 5.77. The normalized spacial score (nSPS) is 11.9. The van der Waals surface area contributed by atoms with E-state index in [1.165, 1.54) is 0 Å². The quantitative estimate of drug-likeness (QED) is 0.321. The third-order valence-electron chi connectivity index (χ3n) is 1.47. The summed E-state index contributed by atoms with van der Waals surface area (Å²) in [6.45, 7) is 0.864. The van der Waals surface area contributed by atoms with E-state index >= 15 is 0 Å². The maximum Gasteiger partial charge on any atom is 0.322 e. The van der Waals surface area contributed by atoms with Gasteiger partial charge in [-0.15, -0.1) is 0 Å². The molecule has 7 nitrogen and oxygen atoms in total. The van der Waals surface area contributed by atoms with E-state index in [0.29, 0.717) is 19.5 Å². The van der Waals surface area contributed by atoms with Crippen molar-refractivity contribution in [2.24, 2.45) is 11.5 Å². The first-order valence-electron chi connectivity index (χ1n) is 4.28. The summed E-state index contributed by atoms with van der Waals surface area (Å²) in [6.07, 6.45) is 0.679. The predicted molar refractivity (Wildman–Crippen MR) is 50.7 cm³/mol. The molecule has 82 valence electrons. The molecule has 7 heteroatoms. The van der Waals surface area contributed by atoms with Crippen LogP contribution >= 0.6 is 0 Å². The van der Waals surface area contributed by atoms with Crippen LogP contribution in [-0.4, -0.2) is 42.8 Å². The highest BCUT2D eigenvalue weighted by Gasteiger charge is 2.11. The van der Waals surface area contributed by atoms with E-state index in [1.807, 2.05) is 0 Å². The Hall–Kier alpha value is -1.34. The summed E-state index contributed by atoms with van der Waals surface area (Å²) in [5.74, 6) is -1.15. The molecule has 0 saturated carbocycles. The molecule has 0 spiro atoms. The van der Waals surface area contributed by atoms with Gasteiger partial charge >= 0.3 is 12.0 Å². The minimum absolute atomic E-state index is 0.0935. The van der Waals surface area contributed by atoms with E-state index < -0.39 is 18.0 Å². The molecule has 2 amide bonds. The highest BCUT2D eigenvalue weighted by atomic mass is 16.4. The lowest BCUT2D eigenvalue weighted by atomic mass is 10.3. The third kappa shape index (κ3) is 6.21. The predicted octanol–water partition coefficient (Wildman–Crippen LogP) is -1.95. The van der Waals surface area contributed by atoms with Gasteiger partial charge in [-0.2, -0.15) is 0 Å². The molecule has 0 rings (SSSR count). The van der Waals surface area contributed by atoms with E-state index in [9.17, 15) is 9.59 Å². The van der Waals surface area contributed by atoms with Gasteiger partial charge in [0.15, 0.2) is 0 Å². The van der Waals surface area contributed by atoms with Crippen molar-refractivity contribution in [1.82, 2.24) is 10.6 Å². The molecule has 1 unspecified atom stereocenters. The Morgan fingerprint density at radius 1 is 1.36 bits per heavy atom. The molecule has 0 fully saturated rings. The average Bonchev–Trinajstić information content (AvgIpc) is 2.14. The number of urea groups is 1. The van der Waals surface area contributed by atoms with E-state index in [0.717, 1.165) is 0 Å². The fourth-order valence-electron chi connectivity index (χ4n) is 0.656. The van der Waals surface area contributed by atoms with Gasteiger partial charge in [-0.25, -0.2) is 4.79 Å². The third-order valence-corrected chi connectivity index (χ3v) is 1.47. The Balaban J connectivity index is 3.48. The number of carbonyl (C=O) groups excluding carboxylic acids is 1. The molecule has 0 saturated heterocycles. The Morgan fingerprint density at radius 2 is 2.00 bits per heavy atom. The summed E-state index contributed by atoms with van der Waals surface area (Å²) in [5, 5.41) is 13.2. The number of carboxylic acid groups (broad SMARTS) is 1. The van der Waals surface area contributed by atoms with Crippen molar-refractivity contribution in [3.05, 3.63) is 0 Å². The summed E-state index contributed by atoms with van der Waals surface area (Å²) < 4.78 is 0. The van der Waals surface area contributed by atoms with Crippen LogP contribution < -0.4 is 22.1 Å². The maximum atomic E-state index is 10.9. The Kier molecular flexibility index (Phi) is 6.42. The number of carbonyl (C=O) groups is 2. The van der Waals surface area contributed by atoms with Crippen molar-refractivity contribution in [3.63, 3.8) is 0 Å². The topological polar surface area (TPSA) is 130 Å². The number of hydrogen-bond donors (Lipinski definition) is 5. The lowest BCUT2D eigenvalue weighted by Crippen LogP contribution is -2.46. The van der Waals surface area contributed by atoms with E-state index in [2.05, 4.69) is 10.6 Å². The van der Waals surface area contributed by atoms with Gasteiger partial charge in [0, 0.05) is 13.1 Å². The lowest BCUT2D eigenvalue weighted by molar-refractivity contribution is -0.138. The van der Waals surface area contributed by atoms with Gasteiger partial charge in [-0.3, -0.25) is 4.79 Å². The molecule has 0 aromatic carbocycles. The van der Waals surface area contributed by atoms with Crippen LogP contribution in [-0.2, 0) is 4.79 Å². The molecular weight excluding hydrogens is 188 g/mol. The summed E-state index contributed by atoms with van der Waals surface area (Å²) in [7, 11) is 0. The second-order valence-corrected chi connectivity index (χ2v) is 2.72. The van der Waals surface area contributed by atoms with Gasteiger partial charge in [-0.1, -0.05) is 0 Å². The number of carboxylic acids is 1. The molecule has 0 heterocycles. The molecule has 0 aliphatic heterocycles. The fraction of sp³-hybridized carbons (Fsp3) is 0.714. The van der Waals surface area contributed by atoms with Crippen LogP contribution in [0.15, 0.2) is 0 Å². The second kappa shape index (κ2) is 7.10. The molecule has 7 N–H and O–H groups in total. The van der Waals surface area contributed by atoms with E-state index in [-0.39, 0.29) is 6.54 Å². The molecule has 0 radical (unpaired) electrons. The van der Waals surface area contributed by atoms with Gasteiger partial charge in [0.25, 0.3) is 0 Å². The van der Waals surface area contributed by atoms with Crippen LogP contribution in [0.5, 0.6) is 0 Å². The van der Waals surface area contributed by atoms with Crippen LogP contribution in [0.3, 0.4) is 0 Å². The van der Waals surface area contributed by atoms with Crippen molar-refractivity contribution in [1.29, 1.82) is 0 Å². The summed E-state index contributed by atoms with van der Waals surface area (Å²) in [6, 6.07) is -1.51. The number of rotatable bonds is 6. The maximum absolute atomic E-state index is 10.9. The molecule has 0 bridgehead atoms. The van der Waals surface area contributed by atoms with Gasteiger partial charge in [-0.05, 0) is 13.0 Å². The number of hydrogen-bond acceptors (Lipinski definition) is 4. The van der Waals surface area contributed by atoms with Crippen LogP contribution in [0.1, 0.15) is 6.42 Å².